The van der Waals surface area contributed by atoms with Crippen LogP contribution in [0.1, 0.15) is 19.3 Å². The van der Waals surface area contributed by atoms with Crippen molar-refractivity contribution in [1.29, 1.82) is 0 Å². The minimum Gasteiger partial charge on any atom is -0.317 e. The summed E-state index contributed by atoms with van der Waals surface area (Å²) in [5.41, 5.74) is 0. The second kappa shape index (κ2) is 5.28. The van der Waals surface area contributed by atoms with Gasteiger partial charge in [0.05, 0.1) is 0 Å². The normalized spacial score (nSPS) is 32.0. The van der Waals surface area contributed by atoms with Gasteiger partial charge < -0.3 is 15.5 Å². The summed E-state index contributed by atoms with van der Waals surface area (Å²) in [6.45, 7) is 5.00. The van der Waals surface area contributed by atoms with E-state index >= 15 is 0 Å². The summed E-state index contributed by atoms with van der Waals surface area (Å²) in [7, 11) is 4.39. The van der Waals surface area contributed by atoms with E-state index < -0.39 is 0 Å². The predicted octanol–water partition coefficient (Wildman–Crippen LogP) is 0.526. The molecule has 0 radical (unpaired) electrons. The van der Waals surface area contributed by atoms with Gasteiger partial charge in [-0.25, -0.2) is 0 Å². The van der Waals surface area contributed by atoms with E-state index in [2.05, 4.69) is 29.6 Å². The molecule has 3 nitrogen and oxygen atoms in total. The van der Waals surface area contributed by atoms with Crippen LogP contribution < -0.4 is 10.6 Å². The SMILES string of the molecule is CNC(C1CCNCC1)C1CCN(C)C1. The molecule has 2 fully saturated rings. The van der Waals surface area contributed by atoms with Crippen LogP contribution in [0.3, 0.4) is 0 Å². The van der Waals surface area contributed by atoms with Gasteiger partial charge in [-0.05, 0) is 64.8 Å². The van der Waals surface area contributed by atoms with E-state index in [-0.39, 0.29) is 0 Å². The van der Waals surface area contributed by atoms with Gasteiger partial charge in [0, 0.05) is 12.6 Å². The van der Waals surface area contributed by atoms with Gasteiger partial charge in [-0.15, -0.1) is 0 Å². The summed E-state index contributed by atoms with van der Waals surface area (Å²) >= 11 is 0. The summed E-state index contributed by atoms with van der Waals surface area (Å²) in [4.78, 5) is 2.47. The largest absolute Gasteiger partial charge is 0.317 e. The average molecular weight is 211 g/mol. The van der Waals surface area contributed by atoms with Gasteiger partial charge in [0.2, 0.25) is 0 Å². The molecule has 88 valence electrons. The monoisotopic (exact) mass is 211 g/mol. The van der Waals surface area contributed by atoms with E-state index in [9.17, 15) is 0 Å². The highest BCUT2D eigenvalue weighted by atomic mass is 15.1. The molecule has 0 saturated carbocycles. The first-order chi connectivity index (χ1) is 7.31. The molecule has 0 aromatic rings. The molecule has 0 aromatic heterocycles. The van der Waals surface area contributed by atoms with Gasteiger partial charge >= 0.3 is 0 Å². The lowest BCUT2D eigenvalue weighted by atomic mass is 9.82. The van der Waals surface area contributed by atoms with Crippen molar-refractivity contribution in [1.82, 2.24) is 15.5 Å². The van der Waals surface area contributed by atoms with Crippen LogP contribution in [0.4, 0.5) is 0 Å². The van der Waals surface area contributed by atoms with E-state index in [0.717, 1.165) is 17.9 Å². The summed E-state index contributed by atoms with van der Waals surface area (Å²) in [6.07, 6.45) is 4.09. The number of rotatable bonds is 3. The third-order valence-electron chi connectivity index (χ3n) is 4.16. The Morgan fingerprint density at radius 1 is 1.20 bits per heavy atom. The van der Waals surface area contributed by atoms with Gasteiger partial charge in [-0.3, -0.25) is 0 Å². The number of hydrogen-bond acceptors (Lipinski definition) is 3. The quantitative estimate of drug-likeness (QED) is 0.713. The van der Waals surface area contributed by atoms with Gasteiger partial charge in [0.25, 0.3) is 0 Å². The Balaban J connectivity index is 1.90. The molecule has 0 bridgehead atoms. The number of nitrogens with one attached hydrogen (secondary N) is 2. The Bertz CT molecular complexity index is 185. The summed E-state index contributed by atoms with van der Waals surface area (Å²) < 4.78 is 0. The molecule has 15 heavy (non-hydrogen) atoms. The van der Waals surface area contributed by atoms with Crippen molar-refractivity contribution in [2.75, 3.05) is 40.3 Å². The maximum atomic E-state index is 3.58. The predicted molar refractivity (Wildman–Crippen MR) is 64.0 cm³/mol. The lowest BCUT2D eigenvalue weighted by molar-refractivity contribution is 0.223. The van der Waals surface area contributed by atoms with Gasteiger partial charge in [-0.1, -0.05) is 0 Å². The molecule has 2 N–H and O–H groups in total. The zero-order valence-electron chi connectivity index (χ0n) is 10.1. The Morgan fingerprint density at radius 3 is 2.47 bits per heavy atom. The molecule has 2 aliphatic heterocycles. The second-order valence-electron chi connectivity index (χ2n) is 5.21. The highest BCUT2D eigenvalue weighted by Gasteiger charge is 2.32. The zero-order chi connectivity index (χ0) is 10.7. The molecule has 0 spiro atoms. The van der Waals surface area contributed by atoms with Crippen molar-refractivity contribution in [3.8, 4) is 0 Å². The van der Waals surface area contributed by atoms with Crippen LogP contribution in [0.5, 0.6) is 0 Å². The first-order valence-electron chi connectivity index (χ1n) is 6.38. The third kappa shape index (κ3) is 2.71. The summed E-state index contributed by atoms with van der Waals surface area (Å²) in [6, 6.07) is 0.747. The van der Waals surface area contributed by atoms with Crippen LogP contribution in [0.2, 0.25) is 0 Å². The van der Waals surface area contributed by atoms with Crippen LogP contribution in [-0.2, 0) is 0 Å². The first-order valence-corrected chi connectivity index (χ1v) is 6.38. The molecule has 2 unspecified atom stereocenters. The highest BCUT2D eigenvalue weighted by molar-refractivity contribution is 4.89. The molecule has 2 aliphatic rings. The summed E-state index contributed by atoms with van der Waals surface area (Å²) in [5, 5.41) is 7.03. The number of nitrogens with zero attached hydrogens (tertiary/aromatic N) is 1. The maximum Gasteiger partial charge on any atom is 0.0134 e. The average Bonchev–Trinajstić information content (AvgIpc) is 2.68. The molecule has 0 aliphatic carbocycles. The fourth-order valence-corrected chi connectivity index (χ4v) is 3.32. The van der Waals surface area contributed by atoms with E-state index in [1.54, 1.807) is 0 Å². The first kappa shape index (κ1) is 11.4. The molecule has 3 heteroatoms. The van der Waals surface area contributed by atoms with Crippen molar-refractivity contribution < 1.29 is 0 Å². The minimum absolute atomic E-state index is 0.747. The van der Waals surface area contributed by atoms with Crippen LogP contribution in [0.15, 0.2) is 0 Å². The lowest BCUT2D eigenvalue weighted by Crippen LogP contribution is -2.45. The number of piperidine rings is 1. The van der Waals surface area contributed by atoms with Crippen molar-refractivity contribution in [3.05, 3.63) is 0 Å². The fraction of sp³-hybridized carbons (Fsp3) is 1.00. The van der Waals surface area contributed by atoms with Crippen LogP contribution in [0, 0.1) is 11.8 Å². The van der Waals surface area contributed by atoms with E-state index in [1.807, 2.05) is 0 Å². The fourth-order valence-electron chi connectivity index (χ4n) is 3.32. The van der Waals surface area contributed by atoms with Crippen LogP contribution in [0.25, 0.3) is 0 Å². The van der Waals surface area contributed by atoms with Gasteiger partial charge in [0.15, 0.2) is 0 Å². The molecule has 2 rings (SSSR count). The minimum atomic E-state index is 0.747. The smallest absolute Gasteiger partial charge is 0.0134 e. The Morgan fingerprint density at radius 2 is 1.93 bits per heavy atom. The third-order valence-corrected chi connectivity index (χ3v) is 4.16. The van der Waals surface area contributed by atoms with Crippen molar-refractivity contribution >= 4 is 0 Å². The molecule has 2 atom stereocenters. The molecular weight excluding hydrogens is 186 g/mol. The summed E-state index contributed by atoms with van der Waals surface area (Å²) in [5.74, 6) is 1.77. The number of hydrogen-bond donors (Lipinski definition) is 2. The topological polar surface area (TPSA) is 27.3 Å². The van der Waals surface area contributed by atoms with Crippen molar-refractivity contribution in [2.24, 2.45) is 11.8 Å². The van der Waals surface area contributed by atoms with Gasteiger partial charge in [0.1, 0.15) is 0 Å². The number of likely N-dealkylation sites (tertiary alicyclic amines) is 1. The molecule has 0 amide bonds. The van der Waals surface area contributed by atoms with Crippen LogP contribution in [-0.4, -0.2) is 51.2 Å². The van der Waals surface area contributed by atoms with Crippen molar-refractivity contribution in [2.45, 2.75) is 25.3 Å². The molecule has 2 heterocycles. The van der Waals surface area contributed by atoms with E-state index in [0.29, 0.717) is 0 Å². The Labute approximate surface area is 93.6 Å². The lowest BCUT2D eigenvalue weighted by Gasteiger charge is -2.34. The van der Waals surface area contributed by atoms with Crippen LogP contribution >= 0.6 is 0 Å². The maximum absolute atomic E-state index is 3.58. The Hall–Kier alpha value is -0.120. The Kier molecular flexibility index (Phi) is 4.00. The molecular formula is C12H25N3. The highest BCUT2D eigenvalue weighted by Crippen LogP contribution is 2.27. The molecule has 0 aromatic carbocycles. The zero-order valence-corrected chi connectivity index (χ0v) is 10.1. The standard InChI is InChI=1S/C12H25N3/c1-13-12(10-3-6-14-7-4-10)11-5-8-15(2)9-11/h10-14H,3-9H2,1-2H3. The molecule has 2 saturated heterocycles. The van der Waals surface area contributed by atoms with Gasteiger partial charge in [-0.2, -0.15) is 0 Å². The van der Waals surface area contributed by atoms with E-state index in [1.165, 1.54) is 45.4 Å². The second-order valence-corrected chi connectivity index (χ2v) is 5.21. The van der Waals surface area contributed by atoms with E-state index in [4.69, 9.17) is 0 Å². The van der Waals surface area contributed by atoms with Crippen molar-refractivity contribution in [3.63, 3.8) is 0 Å².